The first-order chi connectivity index (χ1) is 13.3. The zero-order valence-corrected chi connectivity index (χ0v) is 16.9. The van der Waals surface area contributed by atoms with Crippen LogP contribution in [-0.4, -0.2) is 11.5 Å². The van der Waals surface area contributed by atoms with E-state index < -0.39 is 0 Å². The van der Waals surface area contributed by atoms with Crippen molar-refractivity contribution in [3.63, 3.8) is 0 Å². The van der Waals surface area contributed by atoms with Gasteiger partial charge < -0.3 is 15.0 Å². The van der Waals surface area contributed by atoms with Crippen molar-refractivity contribution < 1.29 is 4.74 Å². The van der Waals surface area contributed by atoms with Crippen LogP contribution in [0.1, 0.15) is 11.1 Å². The molecular weight excluding hydrogens is 391 g/mol. The molecule has 5 heteroatoms. The van der Waals surface area contributed by atoms with Gasteiger partial charge in [0.1, 0.15) is 11.5 Å². The Morgan fingerprint density at radius 2 is 1.71 bits per heavy atom. The molecular formula is C23H22Cl2N2O. The van der Waals surface area contributed by atoms with Crippen molar-refractivity contribution in [2.45, 2.75) is 13.0 Å². The molecule has 1 heterocycles. The second-order valence-electron chi connectivity index (χ2n) is 6.49. The smallest absolute Gasteiger partial charge is 0.127 e. The van der Waals surface area contributed by atoms with Crippen molar-refractivity contribution in [1.29, 1.82) is 0 Å². The maximum atomic E-state index is 5.91. The predicted molar refractivity (Wildman–Crippen MR) is 119 cm³/mol. The van der Waals surface area contributed by atoms with Crippen LogP contribution >= 0.6 is 24.0 Å². The van der Waals surface area contributed by atoms with Crippen molar-refractivity contribution in [3.8, 4) is 11.5 Å². The van der Waals surface area contributed by atoms with Crippen molar-refractivity contribution >= 4 is 34.9 Å². The first-order valence-electron chi connectivity index (χ1n) is 9.06. The molecule has 4 aromatic rings. The van der Waals surface area contributed by atoms with E-state index in [2.05, 4.69) is 52.9 Å². The van der Waals surface area contributed by atoms with Crippen molar-refractivity contribution in [2.75, 3.05) is 6.54 Å². The van der Waals surface area contributed by atoms with E-state index in [1.165, 1.54) is 22.0 Å². The number of aromatic amines is 1. The second kappa shape index (κ2) is 9.65. The van der Waals surface area contributed by atoms with Gasteiger partial charge in [0.05, 0.1) is 0 Å². The van der Waals surface area contributed by atoms with Gasteiger partial charge in [-0.15, -0.1) is 12.4 Å². The Bertz CT molecular complexity index is 1030. The first-order valence-corrected chi connectivity index (χ1v) is 9.44. The highest BCUT2D eigenvalue weighted by atomic mass is 35.5. The summed E-state index contributed by atoms with van der Waals surface area (Å²) in [4.78, 5) is 3.33. The van der Waals surface area contributed by atoms with E-state index in [1.54, 1.807) is 0 Å². The third-order valence-corrected chi connectivity index (χ3v) is 4.77. The normalized spacial score (nSPS) is 10.6. The number of H-pyrrole nitrogens is 1. The van der Waals surface area contributed by atoms with Crippen LogP contribution < -0.4 is 10.1 Å². The highest BCUT2D eigenvalue weighted by molar-refractivity contribution is 6.30. The SMILES string of the molecule is Cl.Clc1ccc(Oc2cccc(CNCCc3c[nH]c4ccccc34)c2)cc1. The van der Waals surface area contributed by atoms with E-state index >= 15 is 0 Å². The molecule has 0 spiro atoms. The lowest BCUT2D eigenvalue weighted by atomic mass is 10.1. The average molecular weight is 413 g/mol. The Morgan fingerprint density at radius 1 is 0.893 bits per heavy atom. The van der Waals surface area contributed by atoms with Crippen LogP contribution in [-0.2, 0) is 13.0 Å². The first kappa shape index (κ1) is 20.3. The molecule has 0 saturated carbocycles. The molecule has 28 heavy (non-hydrogen) atoms. The van der Waals surface area contributed by atoms with E-state index in [9.17, 15) is 0 Å². The topological polar surface area (TPSA) is 37.0 Å². The zero-order chi connectivity index (χ0) is 18.5. The number of hydrogen-bond donors (Lipinski definition) is 2. The Morgan fingerprint density at radius 3 is 2.57 bits per heavy atom. The molecule has 3 aromatic carbocycles. The molecule has 144 valence electrons. The second-order valence-corrected chi connectivity index (χ2v) is 6.93. The summed E-state index contributed by atoms with van der Waals surface area (Å²) in [5, 5.41) is 5.52. The summed E-state index contributed by atoms with van der Waals surface area (Å²) in [6, 6.07) is 24.0. The maximum Gasteiger partial charge on any atom is 0.127 e. The summed E-state index contributed by atoms with van der Waals surface area (Å²) in [6.45, 7) is 1.73. The van der Waals surface area contributed by atoms with Crippen LogP contribution in [0.25, 0.3) is 10.9 Å². The number of ether oxygens (including phenoxy) is 1. The maximum absolute atomic E-state index is 5.91. The Labute approximate surface area is 176 Å². The van der Waals surface area contributed by atoms with Crippen LogP contribution in [0.5, 0.6) is 11.5 Å². The van der Waals surface area contributed by atoms with Gasteiger partial charge in [-0.3, -0.25) is 0 Å². The Hall–Kier alpha value is -2.46. The van der Waals surface area contributed by atoms with Gasteiger partial charge in [0.2, 0.25) is 0 Å². The highest BCUT2D eigenvalue weighted by Crippen LogP contribution is 2.24. The van der Waals surface area contributed by atoms with Crippen LogP contribution in [0, 0.1) is 0 Å². The lowest BCUT2D eigenvalue weighted by molar-refractivity contribution is 0.481. The van der Waals surface area contributed by atoms with Gasteiger partial charge in [-0.2, -0.15) is 0 Å². The fraction of sp³-hybridized carbons (Fsp3) is 0.130. The molecule has 0 radical (unpaired) electrons. The third kappa shape index (κ3) is 5.08. The summed E-state index contributed by atoms with van der Waals surface area (Å²) in [7, 11) is 0. The van der Waals surface area contributed by atoms with Crippen molar-refractivity contribution in [3.05, 3.63) is 95.1 Å². The zero-order valence-electron chi connectivity index (χ0n) is 15.3. The van der Waals surface area contributed by atoms with Gasteiger partial charge in [-0.25, -0.2) is 0 Å². The van der Waals surface area contributed by atoms with Crippen molar-refractivity contribution in [1.82, 2.24) is 10.3 Å². The minimum Gasteiger partial charge on any atom is -0.457 e. The molecule has 0 atom stereocenters. The van der Waals surface area contributed by atoms with E-state index in [4.69, 9.17) is 16.3 Å². The molecule has 0 saturated heterocycles. The molecule has 2 N–H and O–H groups in total. The highest BCUT2D eigenvalue weighted by Gasteiger charge is 2.03. The molecule has 0 unspecified atom stereocenters. The van der Waals surface area contributed by atoms with E-state index in [-0.39, 0.29) is 12.4 Å². The number of halogens is 2. The van der Waals surface area contributed by atoms with Gasteiger partial charge in [0, 0.05) is 28.7 Å². The molecule has 0 aliphatic rings. The molecule has 4 rings (SSSR count). The molecule has 3 nitrogen and oxygen atoms in total. The van der Waals surface area contributed by atoms with Crippen LogP contribution in [0.4, 0.5) is 0 Å². The standard InChI is InChI=1S/C23H21ClN2O.ClH/c24-19-8-10-20(11-9-19)27-21-5-3-4-17(14-21)15-25-13-12-18-16-26-23-7-2-1-6-22(18)23;/h1-11,14,16,25-26H,12-13,15H2;1H. The van der Waals surface area contributed by atoms with Crippen LogP contribution in [0.2, 0.25) is 5.02 Å². The summed E-state index contributed by atoms with van der Waals surface area (Å²) in [5.41, 5.74) is 3.73. The van der Waals surface area contributed by atoms with E-state index in [1.807, 2.05) is 36.4 Å². The molecule has 0 aliphatic heterocycles. The molecule has 0 fully saturated rings. The van der Waals surface area contributed by atoms with Crippen molar-refractivity contribution in [2.24, 2.45) is 0 Å². The number of para-hydroxylation sites is 1. The van der Waals surface area contributed by atoms with Gasteiger partial charge in [-0.1, -0.05) is 41.9 Å². The lowest BCUT2D eigenvalue weighted by Crippen LogP contribution is -2.16. The minimum atomic E-state index is 0. The number of benzene rings is 3. The summed E-state index contributed by atoms with van der Waals surface area (Å²) in [6.07, 6.45) is 3.10. The Balaban J connectivity index is 0.00000225. The number of nitrogens with one attached hydrogen (secondary N) is 2. The fourth-order valence-electron chi connectivity index (χ4n) is 3.15. The number of hydrogen-bond acceptors (Lipinski definition) is 2. The van der Waals surface area contributed by atoms with E-state index in [0.29, 0.717) is 5.02 Å². The predicted octanol–water partition coefficient (Wildman–Crippen LogP) is 6.37. The molecule has 0 bridgehead atoms. The third-order valence-electron chi connectivity index (χ3n) is 4.52. The summed E-state index contributed by atoms with van der Waals surface area (Å²) in [5.74, 6) is 1.61. The van der Waals surface area contributed by atoms with Gasteiger partial charge in [-0.05, 0) is 66.6 Å². The summed E-state index contributed by atoms with van der Waals surface area (Å²) < 4.78 is 5.90. The number of fused-ring (bicyclic) bond motifs is 1. The molecule has 0 amide bonds. The quantitative estimate of drug-likeness (QED) is 0.346. The fourth-order valence-corrected chi connectivity index (χ4v) is 3.28. The number of rotatable bonds is 7. The number of aromatic nitrogens is 1. The van der Waals surface area contributed by atoms with Gasteiger partial charge >= 0.3 is 0 Å². The van der Waals surface area contributed by atoms with Crippen LogP contribution in [0.3, 0.4) is 0 Å². The van der Waals surface area contributed by atoms with Gasteiger partial charge in [0.15, 0.2) is 0 Å². The molecule has 1 aromatic heterocycles. The van der Waals surface area contributed by atoms with Crippen LogP contribution in [0.15, 0.2) is 79.0 Å². The monoisotopic (exact) mass is 412 g/mol. The van der Waals surface area contributed by atoms with E-state index in [0.717, 1.165) is 31.0 Å². The lowest BCUT2D eigenvalue weighted by Gasteiger charge is -2.09. The molecule has 0 aliphatic carbocycles. The Kier molecular flexibility index (Phi) is 6.99. The minimum absolute atomic E-state index is 0. The average Bonchev–Trinajstić information content (AvgIpc) is 3.11. The summed E-state index contributed by atoms with van der Waals surface area (Å²) >= 11 is 5.91. The largest absolute Gasteiger partial charge is 0.457 e. The van der Waals surface area contributed by atoms with Gasteiger partial charge in [0.25, 0.3) is 0 Å².